The van der Waals surface area contributed by atoms with Gasteiger partial charge < -0.3 is 15.2 Å². The molecule has 7 nitrogen and oxygen atoms in total. The van der Waals surface area contributed by atoms with Gasteiger partial charge in [0.1, 0.15) is 29.8 Å². The van der Waals surface area contributed by atoms with Crippen LogP contribution in [0.5, 0.6) is 5.88 Å². The highest BCUT2D eigenvalue weighted by Gasteiger charge is 2.54. The molecule has 2 aromatic rings. The van der Waals surface area contributed by atoms with Gasteiger partial charge in [-0.25, -0.2) is 28.1 Å². The largest absolute Gasteiger partial charge is 0.462 e. The summed E-state index contributed by atoms with van der Waals surface area (Å²) in [7, 11) is 0. The summed E-state index contributed by atoms with van der Waals surface area (Å²) in [6, 6.07) is 4.03. The predicted molar refractivity (Wildman–Crippen MR) is 118 cm³/mol. The smallest absolute Gasteiger partial charge is 0.283 e. The highest BCUT2D eigenvalue weighted by Crippen LogP contribution is 2.50. The second-order valence-electron chi connectivity index (χ2n) is 8.70. The molecule has 0 saturated heterocycles. The molecule has 1 aliphatic carbocycles. The average molecular weight is 476 g/mol. The van der Waals surface area contributed by atoms with Crippen molar-refractivity contribution in [1.82, 2.24) is 9.97 Å². The van der Waals surface area contributed by atoms with E-state index in [2.05, 4.69) is 19.7 Å². The van der Waals surface area contributed by atoms with Crippen LogP contribution in [0.25, 0.3) is 0 Å². The minimum absolute atomic E-state index is 0.0454. The molecule has 34 heavy (non-hydrogen) atoms. The number of nitrogens with two attached hydrogens (primary N) is 1. The third-order valence-electron chi connectivity index (χ3n) is 6.81. The van der Waals surface area contributed by atoms with Gasteiger partial charge in [-0.05, 0) is 42.9 Å². The Hall–Kier alpha value is -3.17. The van der Waals surface area contributed by atoms with Crippen LogP contribution in [-0.4, -0.2) is 41.4 Å². The fourth-order valence-electron chi connectivity index (χ4n) is 5.30. The number of amidine groups is 1. The molecule has 1 aromatic carbocycles. The molecule has 0 bridgehead atoms. The summed E-state index contributed by atoms with van der Waals surface area (Å²) in [5.41, 5.74) is 4.99. The van der Waals surface area contributed by atoms with Gasteiger partial charge in [-0.3, -0.25) is 4.79 Å². The second kappa shape index (κ2) is 9.99. The lowest BCUT2D eigenvalue weighted by Crippen LogP contribution is -2.55. The van der Waals surface area contributed by atoms with Crippen molar-refractivity contribution in [1.29, 1.82) is 0 Å². The third-order valence-corrected chi connectivity index (χ3v) is 6.81. The summed E-state index contributed by atoms with van der Waals surface area (Å²) in [5.74, 6) is -1.33. The lowest BCUT2D eigenvalue weighted by atomic mass is 9.63. The summed E-state index contributed by atoms with van der Waals surface area (Å²) >= 11 is 0. The van der Waals surface area contributed by atoms with Gasteiger partial charge in [0.2, 0.25) is 12.7 Å². The number of nitrogens with zero attached hydrogens (tertiary/aromatic N) is 3. The minimum atomic E-state index is -1.53. The van der Waals surface area contributed by atoms with E-state index in [0.29, 0.717) is 12.0 Å². The van der Waals surface area contributed by atoms with Crippen molar-refractivity contribution >= 4 is 11.8 Å². The molecule has 0 spiro atoms. The lowest BCUT2D eigenvalue weighted by molar-refractivity contribution is -0.0365. The van der Waals surface area contributed by atoms with Crippen LogP contribution in [0.1, 0.15) is 54.2 Å². The summed E-state index contributed by atoms with van der Waals surface area (Å²) in [5, 5.41) is 0. The number of carbonyl (C=O) groups excluding carboxylic acids is 1. The number of benzene rings is 1. The fourth-order valence-corrected chi connectivity index (χ4v) is 5.30. The van der Waals surface area contributed by atoms with Gasteiger partial charge in [0.15, 0.2) is 5.78 Å². The highest BCUT2D eigenvalue weighted by atomic mass is 19.1. The van der Waals surface area contributed by atoms with E-state index in [9.17, 15) is 13.6 Å². The Bertz CT molecular complexity index is 1070. The van der Waals surface area contributed by atoms with E-state index in [1.54, 1.807) is 0 Å². The number of aromatic nitrogens is 2. The molecule has 0 radical (unpaired) electrons. The third kappa shape index (κ3) is 4.45. The summed E-state index contributed by atoms with van der Waals surface area (Å²) < 4.78 is 52.7. The molecule has 10 heteroatoms. The molecule has 0 amide bonds. The Morgan fingerprint density at radius 3 is 2.76 bits per heavy atom. The quantitative estimate of drug-likeness (QED) is 0.577. The minimum Gasteiger partial charge on any atom is -0.462 e. The number of aliphatic imine (C=N–C) groups is 1. The Morgan fingerprint density at radius 2 is 2.09 bits per heavy atom. The Kier molecular flexibility index (Phi) is 7.04. The average Bonchev–Trinajstić information content (AvgIpc) is 2.84. The van der Waals surface area contributed by atoms with E-state index in [1.165, 1.54) is 24.4 Å². The van der Waals surface area contributed by atoms with Crippen molar-refractivity contribution in [2.75, 3.05) is 13.5 Å². The van der Waals surface area contributed by atoms with Crippen LogP contribution in [0.3, 0.4) is 0 Å². The van der Waals surface area contributed by atoms with E-state index in [1.807, 2.05) is 6.92 Å². The van der Waals surface area contributed by atoms with E-state index in [0.717, 1.165) is 25.5 Å². The predicted octanol–water partition coefficient (Wildman–Crippen LogP) is 4.05. The first-order valence-electron chi connectivity index (χ1n) is 11.3. The van der Waals surface area contributed by atoms with Gasteiger partial charge in [-0.2, -0.15) is 0 Å². The molecule has 4 rings (SSSR count). The maximum absolute atomic E-state index is 15.2. The normalized spacial score (nSPS) is 26.2. The molecule has 182 valence electrons. The maximum Gasteiger partial charge on any atom is 0.283 e. The van der Waals surface area contributed by atoms with Crippen molar-refractivity contribution in [2.45, 2.75) is 50.7 Å². The van der Waals surface area contributed by atoms with Crippen LogP contribution in [0.2, 0.25) is 0 Å². The first-order chi connectivity index (χ1) is 16.4. The van der Waals surface area contributed by atoms with Gasteiger partial charge in [0, 0.05) is 17.9 Å². The first-order valence-corrected chi connectivity index (χ1v) is 11.3. The van der Waals surface area contributed by atoms with Gasteiger partial charge in [-0.1, -0.05) is 19.4 Å². The molecule has 1 saturated carbocycles. The van der Waals surface area contributed by atoms with Crippen molar-refractivity contribution in [2.24, 2.45) is 22.6 Å². The Balaban J connectivity index is 1.68. The van der Waals surface area contributed by atoms with E-state index in [4.69, 9.17) is 10.5 Å². The molecule has 4 atom stereocenters. The molecule has 1 fully saturated rings. The maximum atomic E-state index is 15.2. The number of ether oxygens (including phenoxy) is 2. The second-order valence-corrected chi connectivity index (χ2v) is 8.70. The van der Waals surface area contributed by atoms with Crippen LogP contribution in [-0.2, 0) is 16.7 Å². The fraction of sp³-hybridized carbons (Fsp3) is 0.500. The lowest BCUT2D eigenvalue weighted by Gasteiger charge is -2.49. The standard InChI is InChI=1S/C24H27F3N4O3/c1-2-15-4-3-5-20-22(15)24(12-25,31-23(28)34-20)16-8-14(6-7-17(16)27)9-19(32)18-10-30-21(11-29-18)33-13-26/h6-8,10-11,15,20,22H,2-5,9,12-13H2,1H3,(H2,28,31). The molecule has 1 aliphatic heterocycles. The molecular formula is C24H27F3N4O3. The van der Waals surface area contributed by atoms with Crippen molar-refractivity contribution in [3.63, 3.8) is 0 Å². The number of ketones is 1. The van der Waals surface area contributed by atoms with Crippen molar-refractivity contribution in [3.8, 4) is 5.88 Å². The zero-order chi connectivity index (χ0) is 24.3. The molecule has 4 unspecified atom stereocenters. The number of fused-ring (bicyclic) bond motifs is 1. The number of carbonyl (C=O) groups is 1. The van der Waals surface area contributed by atoms with Gasteiger partial charge in [0.05, 0.1) is 12.4 Å². The Morgan fingerprint density at radius 1 is 1.26 bits per heavy atom. The van der Waals surface area contributed by atoms with Crippen LogP contribution < -0.4 is 10.5 Å². The van der Waals surface area contributed by atoms with Crippen LogP contribution in [0.15, 0.2) is 35.6 Å². The van der Waals surface area contributed by atoms with E-state index >= 15 is 4.39 Å². The Labute approximate surface area is 195 Å². The van der Waals surface area contributed by atoms with Gasteiger partial charge in [-0.15, -0.1) is 0 Å². The number of alkyl halides is 2. The van der Waals surface area contributed by atoms with Gasteiger partial charge >= 0.3 is 0 Å². The van der Waals surface area contributed by atoms with Crippen LogP contribution in [0.4, 0.5) is 13.2 Å². The highest BCUT2D eigenvalue weighted by molar-refractivity contribution is 5.95. The van der Waals surface area contributed by atoms with Crippen LogP contribution in [0, 0.1) is 17.7 Å². The number of halogens is 3. The molecule has 2 heterocycles. The number of rotatable bonds is 8. The van der Waals surface area contributed by atoms with Crippen molar-refractivity contribution < 1.29 is 27.4 Å². The first kappa shape index (κ1) is 24.0. The zero-order valence-electron chi connectivity index (χ0n) is 18.8. The number of Topliss-reactive ketones (excluding diaryl/α,β-unsaturated/α-hetero) is 1. The molecule has 2 aliphatic rings. The monoisotopic (exact) mass is 476 g/mol. The summed E-state index contributed by atoms with van der Waals surface area (Å²) in [6.45, 7) is 0.0219. The van der Waals surface area contributed by atoms with Crippen LogP contribution >= 0.6 is 0 Å². The molecular weight excluding hydrogens is 449 g/mol. The van der Waals surface area contributed by atoms with Gasteiger partial charge in [0.25, 0.3) is 6.02 Å². The summed E-state index contributed by atoms with van der Waals surface area (Å²) in [4.78, 5) is 24.9. The molecule has 1 aromatic heterocycles. The molecule has 2 N–H and O–H groups in total. The number of hydrogen-bond donors (Lipinski definition) is 1. The van der Waals surface area contributed by atoms with Crippen molar-refractivity contribution in [3.05, 3.63) is 53.2 Å². The SMILES string of the molecule is CCC1CCCC2OC(N)=NC(CF)(c3cc(CC(=O)c4cnc(OCF)cn4)ccc3F)C12. The zero-order valence-corrected chi connectivity index (χ0v) is 18.8. The topological polar surface area (TPSA) is 99.7 Å². The summed E-state index contributed by atoms with van der Waals surface area (Å²) in [6.07, 6.45) is 5.13. The van der Waals surface area contributed by atoms with E-state index in [-0.39, 0.29) is 53.3 Å². The van der Waals surface area contributed by atoms with E-state index < -0.39 is 24.9 Å². The number of hydrogen-bond acceptors (Lipinski definition) is 7.